The molecule has 0 saturated carbocycles. The summed E-state index contributed by atoms with van der Waals surface area (Å²) < 4.78 is 29.3. The molecule has 10 nitrogen and oxygen atoms in total. The van der Waals surface area contributed by atoms with E-state index in [9.17, 15) is 19.1 Å². The van der Waals surface area contributed by atoms with Crippen LogP contribution in [0, 0.1) is 11.8 Å². The zero-order valence-electron chi connectivity index (χ0n) is 24.2. The molecule has 3 saturated heterocycles. The molecule has 0 aromatic heterocycles. The fourth-order valence-corrected chi connectivity index (χ4v) is 5.92. The summed E-state index contributed by atoms with van der Waals surface area (Å²) in [5.41, 5.74) is 7.14. The van der Waals surface area contributed by atoms with Crippen molar-refractivity contribution in [1.82, 2.24) is 25.8 Å². The summed E-state index contributed by atoms with van der Waals surface area (Å²) in [7, 11) is 0. The fraction of sp³-hybridized carbons (Fsp3) is 0.821. The third-order valence-corrected chi connectivity index (χ3v) is 8.29. The average molecular weight is 570 g/mol. The standard InChI is InChI=1S/C28H49F2N7O3/c1-5-7-17(3)34-26(31)24(18(4)33-12-20(29)6-2)27(39)35-23-14-32-13-22(30)25(23)36-10-8-19(9-11-36)28(40)37-15-21(38)16-37/h12,18-26,32,34,38H,3,5-11,13-16,31H2,1-2,4H3,(H,35,39)/b33-12-. The SMILES string of the molecule is C=C(CCC)NC(N)C(C(=O)NC1CNCC(F)C1N1CCC(C(=O)N2CC(O)C2)CC1)C(C)/N=C\C(F)CC. The van der Waals surface area contributed by atoms with E-state index >= 15 is 4.39 Å². The highest BCUT2D eigenvalue weighted by Crippen LogP contribution is 2.27. The van der Waals surface area contributed by atoms with Crippen molar-refractivity contribution in [2.45, 2.75) is 95.6 Å². The van der Waals surface area contributed by atoms with Crippen molar-refractivity contribution < 1.29 is 23.5 Å². The van der Waals surface area contributed by atoms with Gasteiger partial charge in [-0.1, -0.05) is 26.8 Å². The topological polar surface area (TPSA) is 135 Å². The number of nitrogens with one attached hydrogen (secondary N) is 3. The van der Waals surface area contributed by atoms with Gasteiger partial charge in [-0.25, -0.2) is 8.78 Å². The molecule has 40 heavy (non-hydrogen) atoms. The number of halogens is 2. The highest BCUT2D eigenvalue weighted by molar-refractivity contribution is 5.81. The fourth-order valence-electron chi connectivity index (χ4n) is 5.92. The van der Waals surface area contributed by atoms with Gasteiger partial charge in [0, 0.05) is 44.0 Å². The zero-order chi connectivity index (χ0) is 29.4. The van der Waals surface area contributed by atoms with Crippen molar-refractivity contribution in [2.75, 3.05) is 39.3 Å². The lowest BCUT2D eigenvalue weighted by Crippen LogP contribution is -2.67. The lowest BCUT2D eigenvalue weighted by molar-refractivity contribution is -0.147. The second-order valence-corrected chi connectivity index (χ2v) is 11.5. The summed E-state index contributed by atoms with van der Waals surface area (Å²) in [6, 6.07) is -1.70. The van der Waals surface area contributed by atoms with Crippen molar-refractivity contribution in [3.8, 4) is 0 Å². The molecule has 3 aliphatic rings. The number of aliphatic imine (C=N–C) groups is 1. The van der Waals surface area contributed by atoms with Crippen LogP contribution in [0.2, 0.25) is 0 Å². The Morgan fingerprint density at radius 2 is 1.93 bits per heavy atom. The van der Waals surface area contributed by atoms with E-state index in [0.29, 0.717) is 57.7 Å². The van der Waals surface area contributed by atoms with E-state index in [2.05, 4.69) is 27.5 Å². The van der Waals surface area contributed by atoms with Crippen LogP contribution < -0.4 is 21.7 Å². The lowest BCUT2D eigenvalue weighted by Gasteiger charge is -2.46. The number of nitrogens with two attached hydrogens (primary N) is 1. The van der Waals surface area contributed by atoms with Crippen LogP contribution in [0.15, 0.2) is 17.3 Å². The Morgan fingerprint density at radius 1 is 1.25 bits per heavy atom. The van der Waals surface area contributed by atoms with Crippen molar-refractivity contribution in [1.29, 1.82) is 0 Å². The minimum atomic E-state index is -1.22. The molecular weight excluding hydrogens is 520 g/mol. The molecule has 3 heterocycles. The quantitative estimate of drug-likeness (QED) is 0.163. The van der Waals surface area contributed by atoms with Crippen LogP contribution in [0.5, 0.6) is 0 Å². The minimum Gasteiger partial charge on any atom is -0.389 e. The first-order valence-electron chi connectivity index (χ1n) is 14.8. The van der Waals surface area contributed by atoms with Crippen molar-refractivity contribution >= 4 is 18.0 Å². The van der Waals surface area contributed by atoms with E-state index in [1.165, 1.54) is 6.21 Å². The van der Waals surface area contributed by atoms with Crippen LogP contribution in [-0.4, -0.2) is 115 Å². The molecule has 3 aliphatic heterocycles. The zero-order valence-corrected chi connectivity index (χ0v) is 24.2. The van der Waals surface area contributed by atoms with Crippen molar-refractivity contribution in [3.63, 3.8) is 0 Å². The van der Waals surface area contributed by atoms with E-state index in [4.69, 9.17) is 5.73 Å². The smallest absolute Gasteiger partial charge is 0.229 e. The van der Waals surface area contributed by atoms with Crippen LogP contribution >= 0.6 is 0 Å². The van der Waals surface area contributed by atoms with E-state index < -0.39 is 48.7 Å². The number of piperidine rings is 2. The first-order valence-corrected chi connectivity index (χ1v) is 14.8. The molecule has 7 unspecified atom stereocenters. The highest BCUT2D eigenvalue weighted by Gasteiger charge is 2.43. The maximum absolute atomic E-state index is 15.4. The maximum atomic E-state index is 15.4. The summed E-state index contributed by atoms with van der Waals surface area (Å²) in [6.45, 7) is 11.8. The molecular formula is C28H49F2N7O3. The number of aliphatic hydroxyl groups is 1. The number of amides is 2. The third kappa shape index (κ3) is 8.43. The van der Waals surface area contributed by atoms with Gasteiger partial charge >= 0.3 is 0 Å². The molecule has 0 bridgehead atoms. The van der Waals surface area contributed by atoms with Crippen LogP contribution in [0.1, 0.15) is 52.9 Å². The predicted molar refractivity (Wildman–Crippen MR) is 152 cm³/mol. The molecule has 228 valence electrons. The molecule has 7 atom stereocenters. The number of hydrogen-bond donors (Lipinski definition) is 5. The van der Waals surface area contributed by atoms with E-state index in [1.807, 2.05) is 11.8 Å². The van der Waals surface area contributed by atoms with Crippen LogP contribution in [0.25, 0.3) is 0 Å². The first kappa shape index (κ1) is 32.4. The number of nitrogens with zero attached hydrogens (tertiary/aromatic N) is 3. The van der Waals surface area contributed by atoms with Gasteiger partial charge in [0.05, 0.1) is 36.3 Å². The van der Waals surface area contributed by atoms with Gasteiger partial charge < -0.3 is 31.7 Å². The molecule has 3 fully saturated rings. The Balaban J connectivity index is 1.69. The number of alkyl halides is 2. The Hall–Kier alpha value is -2.15. The third-order valence-electron chi connectivity index (χ3n) is 8.29. The second-order valence-electron chi connectivity index (χ2n) is 11.5. The van der Waals surface area contributed by atoms with Gasteiger partial charge in [-0.2, -0.15) is 0 Å². The molecule has 12 heteroatoms. The van der Waals surface area contributed by atoms with Gasteiger partial charge in [0.15, 0.2) is 0 Å². The predicted octanol–water partition coefficient (Wildman–Crippen LogP) is 0.708. The Kier molecular flexibility index (Phi) is 12.3. The van der Waals surface area contributed by atoms with Crippen LogP contribution in [0.3, 0.4) is 0 Å². The van der Waals surface area contributed by atoms with Gasteiger partial charge in [-0.3, -0.25) is 19.5 Å². The number of β-amino-alcohol motifs (C(OH)–C–C–N with tert-alkyl or cyclic N) is 1. The first-order chi connectivity index (χ1) is 19.0. The number of allylic oxidation sites excluding steroid dienone is 1. The summed E-state index contributed by atoms with van der Waals surface area (Å²) in [6.07, 6.45) is 0.572. The minimum absolute atomic E-state index is 0.0547. The number of aliphatic hydroxyl groups excluding tert-OH is 1. The maximum Gasteiger partial charge on any atom is 0.229 e. The summed E-state index contributed by atoms with van der Waals surface area (Å²) in [4.78, 5) is 34.4. The average Bonchev–Trinajstić information content (AvgIpc) is 2.90. The molecule has 2 amide bonds. The van der Waals surface area contributed by atoms with Gasteiger partial charge in [-0.15, -0.1) is 0 Å². The van der Waals surface area contributed by atoms with Gasteiger partial charge in [0.25, 0.3) is 0 Å². The summed E-state index contributed by atoms with van der Waals surface area (Å²) in [5.74, 6) is -1.31. The van der Waals surface area contributed by atoms with E-state index in [-0.39, 0.29) is 30.7 Å². The monoisotopic (exact) mass is 569 g/mol. The number of carbonyl (C=O) groups is 2. The summed E-state index contributed by atoms with van der Waals surface area (Å²) in [5, 5.41) is 18.7. The Bertz CT molecular complexity index is 880. The molecule has 0 aromatic rings. The van der Waals surface area contributed by atoms with E-state index in [0.717, 1.165) is 6.42 Å². The number of rotatable bonds is 13. The molecule has 0 radical (unpaired) electrons. The van der Waals surface area contributed by atoms with E-state index in [1.54, 1.807) is 18.7 Å². The van der Waals surface area contributed by atoms with Gasteiger partial charge in [-0.05, 0) is 45.7 Å². The molecule has 0 aromatic carbocycles. The number of carbonyl (C=O) groups excluding carboxylic acids is 2. The Morgan fingerprint density at radius 3 is 2.52 bits per heavy atom. The number of hydrogen-bond acceptors (Lipinski definition) is 8. The van der Waals surface area contributed by atoms with Crippen molar-refractivity contribution in [3.05, 3.63) is 12.3 Å². The normalized spacial score (nSPS) is 28.0. The largest absolute Gasteiger partial charge is 0.389 e. The molecule has 6 N–H and O–H groups in total. The molecule has 0 spiro atoms. The Labute approximate surface area is 237 Å². The van der Waals surface area contributed by atoms with Crippen LogP contribution in [0.4, 0.5) is 8.78 Å². The molecule has 3 rings (SSSR count). The highest BCUT2D eigenvalue weighted by atomic mass is 19.1. The summed E-state index contributed by atoms with van der Waals surface area (Å²) >= 11 is 0. The number of likely N-dealkylation sites (tertiary alicyclic amines) is 2. The second kappa shape index (κ2) is 15.2. The van der Waals surface area contributed by atoms with Crippen molar-refractivity contribution in [2.24, 2.45) is 22.6 Å². The van der Waals surface area contributed by atoms with Crippen LogP contribution in [-0.2, 0) is 9.59 Å². The van der Waals surface area contributed by atoms with Gasteiger partial charge in [0.2, 0.25) is 11.8 Å². The van der Waals surface area contributed by atoms with Gasteiger partial charge in [0.1, 0.15) is 12.3 Å². The molecule has 0 aliphatic carbocycles. The lowest BCUT2D eigenvalue weighted by atomic mass is 9.89.